The molecule has 0 spiro atoms. The summed E-state index contributed by atoms with van der Waals surface area (Å²) in [5.41, 5.74) is 1.51. The number of aryl methyl sites for hydroxylation is 1. The lowest BCUT2D eigenvalue weighted by Gasteiger charge is -2.36. The number of alkyl carbamates (subject to hydrolysis) is 1. The first-order valence-electron chi connectivity index (χ1n) is 14.2. The van der Waals surface area contributed by atoms with Crippen molar-refractivity contribution in [2.24, 2.45) is 5.92 Å². The minimum absolute atomic E-state index is 0.184. The van der Waals surface area contributed by atoms with Gasteiger partial charge in [-0.15, -0.1) is 0 Å². The van der Waals surface area contributed by atoms with Crippen LogP contribution in [0, 0.1) is 12.8 Å². The molecule has 0 fully saturated rings. The standard InChI is InChI=1S/C32H47N3O5/c1-9-11-14-21-35(30(37)27(22(3)10-2)34-31(38)40-32(5,6)7)28(26-16-13-12-15-23(26)4)29(36)33-24-17-19-25(39-8)20-18-24/h12-13,15-20,22,27-28H,9-11,14,21H2,1-8H3,(H,33,36)(H,34,38). The maximum absolute atomic E-state index is 14.4. The second-order valence-electron chi connectivity index (χ2n) is 11.2. The van der Waals surface area contributed by atoms with Gasteiger partial charge in [-0.1, -0.05) is 64.3 Å². The number of carbonyl (C=O) groups excluding carboxylic acids is 3. The monoisotopic (exact) mass is 553 g/mol. The van der Waals surface area contributed by atoms with Crippen LogP contribution < -0.4 is 15.4 Å². The molecule has 0 aliphatic heterocycles. The molecule has 3 atom stereocenters. The minimum Gasteiger partial charge on any atom is -0.497 e. The van der Waals surface area contributed by atoms with Crippen LogP contribution in [-0.2, 0) is 14.3 Å². The fourth-order valence-corrected chi connectivity index (χ4v) is 4.42. The van der Waals surface area contributed by atoms with Gasteiger partial charge in [-0.2, -0.15) is 0 Å². The third kappa shape index (κ3) is 9.57. The van der Waals surface area contributed by atoms with E-state index in [1.807, 2.05) is 45.0 Å². The van der Waals surface area contributed by atoms with Crippen molar-refractivity contribution in [3.8, 4) is 5.75 Å². The number of nitrogens with one attached hydrogen (secondary N) is 2. The molecule has 2 aromatic rings. The first-order valence-corrected chi connectivity index (χ1v) is 14.2. The van der Waals surface area contributed by atoms with Crippen LogP contribution in [0.3, 0.4) is 0 Å². The Labute approximate surface area is 239 Å². The van der Waals surface area contributed by atoms with Crippen LogP contribution in [0.25, 0.3) is 0 Å². The quantitative estimate of drug-likeness (QED) is 0.271. The molecule has 0 aliphatic rings. The minimum atomic E-state index is -0.903. The molecule has 8 heteroatoms. The van der Waals surface area contributed by atoms with Crippen molar-refractivity contribution in [2.45, 2.75) is 91.8 Å². The smallest absolute Gasteiger partial charge is 0.408 e. The zero-order chi connectivity index (χ0) is 29.9. The van der Waals surface area contributed by atoms with E-state index in [1.165, 1.54) is 0 Å². The third-order valence-corrected chi connectivity index (χ3v) is 6.84. The Hall–Kier alpha value is -3.55. The van der Waals surface area contributed by atoms with Crippen molar-refractivity contribution in [3.63, 3.8) is 0 Å². The Morgan fingerprint density at radius 2 is 1.62 bits per heavy atom. The maximum Gasteiger partial charge on any atom is 0.408 e. The van der Waals surface area contributed by atoms with E-state index >= 15 is 0 Å². The van der Waals surface area contributed by atoms with Crippen LogP contribution in [0.5, 0.6) is 5.75 Å². The summed E-state index contributed by atoms with van der Waals surface area (Å²) >= 11 is 0. The van der Waals surface area contributed by atoms with E-state index in [-0.39, 0.29) is 17.7 Å². The highest BCUT2D eigenvalue weighted by atomic mass is 16.6. The van der Waals surface area contributed by atoms with Crippen LogP contribution >= 0.6 is 0 Å². The Morgan fingerprint density at radius 3 is 2.17 bits per heavy atom. The van der Waals surface area contributed by atoms with Crippen molar-refractivity contribution in [1.29, 1.82) is 0 Å². The van der Waals surface area contributed by atoms with Gasteiger partial charge in [0.15, 0.2) is 0 Å². The molecular weight excluding hydrogens is 506 g/mol. The molecule has 40 heavy (non-hydrogen) atoms. The Balaban J connectivity index is 2.55. The number of rotatable bonds is 13. The van der Waals surface area contributed by atoms with Crippen LogP contribution in [-0.4, -0.2) is 48.1 Å². The van der Waals surface area contributed by atoms with Gasteiger partial charge in [0.2, 0.25) is 5.91 Å². The summed E-state index contributed by atoms with van der Waals surface area (Å²) in [6, 6.07) is 12.9. The Morgan fingerprint density at radius 1 is 0.975 bits per heavy atom. The molecule has 2 rings (SSSR count). The SMILES string of the molecule is CCCCCN(C(=O)C(NC(=O)OC(C)(C)C)C(C)CC)C(C(=O)Nc1ccc(OC)cc1)c1ccccc1C. The molecule has 0 radical (unpaired) electrons. The summed E-state index contributed by atoms with van der Waals surface area (Å²) in [7, 11) is 1.58. The van der Waals surface area contributed by atoms with Gasteiger partial charge in [-0.25, -0.2) is 4.79 Å². The summed E-state index contributed by atoms with van der Waals surface area (Å²) in [6.07, 6.45) is 2.58. The van der Waals surface area contributed by atoms with Crippen LogP contribution in [0.1, 0.15) is 84.4 Å². The number of nitrogens with zero attached hydrogens (tertiary/aromatic N) is 1. The molecule has 0 bridgehead atoms. The first-order chi connectivity index (χ1) is 18.9. The van der Waals surface area contributed by atoms with E-state index in [4.69, 9.17) is 9.47 Å². The molecule has 0 aliphatic carbocycles. The van der Waals surface area contributed by atoms with Crippen molar-refractivity contribution in [2.75, 3.05) is 19.0 Å². The maximum atomic E-state index is 14.4. The van der Waals surface area contributed by atoms with E-state index < -0.39 is 23.8 Å². The van der Waals surface area contributed by atoms with Gasteiger partial charge in [0.05, 0.1) is 7.11 Å². The lowest BCUT2D eigenvalue weighted by atomic mass is 9.94. The molecule has 220 valence electrons. The fraction of sp³-hybridized carbons (Fsp3) is 0.531. The van der Waals surface area contributed by atoms with Crippen molar-refractivity contribution in [1.82, 2.24) is 10.2 Å². The third-order valence-electron chi connectivity index (χ3n) is 6.84. The second-order valence-corrected chi connectivity index (χ2v) is 11.2. The van der Waals surface area contributed by atoms with Gasteiger partial charge < -0.3 is 25.0 Å². The molecule has 2 N–H and O–H groups in total. The Kier molecular flexibility index (Phi) is 12.5. The van der Waals surface area contributed by atoms with Crippen molar-refractivity contribution < 1.29 is 23.9 Å². The fourth-order valence-electron chi connectivity index (χ4n) is 4.42. The van der Waals surface area contributed by atoms with Gasteiger partial charge in [0.25, 0.3) is 5.91 Å². The van der Waals surface area contributed by atoms with E-state index in [1.54, 1.807) is 57.0 Å². The van der Waals surface area contributed by atoms with E-state index in [0.717, 1.165) is 30.4 Å². The topological polar surface area (TPSA) is 97.0 Å². The van der Waals surface area contributed by atoms with Gasteiger partial charge in [0, 0.05) is 12.2 Å². The highest BCUT2D eigenvalue weighted by Gasteiger charge is 2.38. The molecule has 3 amide bonds. The number of benzene rings is 2. The van der Waals surface area contributed by atoms with E-state index in [9.17, 15) is 14.4 Å². The summed E-state index contributed by atoms with van der Waals surface area (Å²) in [5, 5.41) is 5.82. The summed E-state index contributed by atoms with van der Waals surface area (Å²) in [4.78, 5) is 42.8. The van der Waals surface area contributed by atoms with Crippen LogP contribution in [0.15, 0.2) is 48.5 Å². The normalized spacial score (nSPS) is 13.5. The molecule has 0 aromatic heterocycles. The van der Waals surface area contributed by atoms with Crippen molar-refractivity contribution >= 4 is 23.6 Å². The zero-order valence-electron chi connectivity index (χ0n) is 25.4. The zero-order valence-corrected chi connectivity index (χ0v) is 25.4. The largest absolute Gasteiger partial charge is 0.497 e. The number of amides is 3. The lowest BCUT2D eigenvalue weighted by Crippen LogP contribution is -2.55. The predicted molar refractivity (Wildman–Crippen MR) is 159 cm³/mol. The molecule has 2 aromatic carbocycles. The van der Waals surface area contributed by atoms with Gasteiger partial charge in [-0.3, -0.25) is 9.59 Å². The van der Waals surface area contributed by atoms with Crippen LogP contribution in [0.2, 0.25) is 0 Å². The second kappa shape index (κ2) is 15.3. The lowest BCUT2D eigenvalue weighted by molar-refractivity contribution is -0.142. The number of carbonyl (C=O) groups is 3. The number of ether oxygens (including phenoxy) is 2. The molecule has 8 nitrogen and oxygen atoms in total. The number of methoxy groups -OCH3 is 1. The summed E-state index contributed by atoms with van der Waals surface area (Å²) < 4.78 is 10.7. The summed E-state index contributed by atoms with van der Waals surface area (Å²) in [5.74, 6) is -0.149. The van der Waals surface area contributed by atoms with Crippen molar-refractivity contribution in [3.05, 3.63) is 59.7 Å². The number of hydrogen-bond donors (Lipinski definition) is 2. The average molecular weight is 554 g/mol. The number of unbranched alkanes of at least 4 members (excludes halogenated alkanes) is 2. The number of anilines is 1. The van der Waals surface area contributed by atoms with Gasteiger partial charge >= 0.3 is 6.09 Å². The molecule has 0 heterocycles. The predicted octanol–water partition coefficient (Wildman–Crippen LogP) is 6.64. The molecular formula is C32H47N3O5. The summed E-state index contributed by atoms with van der Waals surface area (Å²) in [6.45, 7) is 13.6. The highest BCUT2D eigenvalue weighted by Crippen LogP contribution is 2.29. The molecule has 3 unspecified atom stereocenters. The Bertz CT molecular complexity index is 1110. The van der Waals surface area contributed by atoms with Gasteiger partial charge in [0.1, 0.15) is 23.4 Å². The first kappa shape index (κ1) is 32.7. The molecule has 0 saturated carbocycles. The average Bonchev–Trinajstić information content (AvgIpc) is 2.90. The van der Waals surface area contributed by atoms with E-state index in [2.05, 4.69) is 17.6 Å². The van der Waals surface area contributed by atoms with E-state index in [0.29, 0.717) is 24.4 Å². The highest BCUT2D eigenvalue weighted by molar-refractivity contribution is 5.99. The number of hydrogen-bond acceptors (Lipinski definition) is 5. The van der Waals surface area contributed by atoms with Gasteiger partial charge in [-0.05, 0) is 75.4 Å². The van der Waals surface area contributed by atoms with Crippen LogP contribution in [0.4, 0.5) is 10.5 Å². The molecule has 0 saturated heterocycles.